The first-order valence-corrected chi connectivity index (χ1v) is 3.75. The van der Waals surface area contributed by atoms with Gasteiger partial charge >= 0.3 is 0 Å². The number of aromatic nitrogens is 2. The maximum Gasteiger partial charge on any atom is 0.131 e. The Bertz CT molecular complexity index is 276. The van der Waals surface area contributed by atoms with Gasteiger partial charge in [-0.05, 0) is 6.92 Å². The number of aryl methyl sites for hydroxylation is 1. The van der Waals surface area contributed by atoms with Crippen molar-refractivity contribution in [2.75, 3.05) is 0 Å². The average Bonchev–Trinajstić information content (AvgIpc) is 2.38. The highest BCUT2D eigenvalue weighted by atomic mass is 15.3. The van der Waals surface area contributed by atoms with Gasteiger partial charge in [0.05, 0.1) is 6.04 Å². The molecule has 0 saturated carbocycles. The van der Waals surface area contributed by atoms with Crippen LogP contribution in [0.1, 0.15) is 18.8 Å². The van der Waals surface area contributed by atoms with E-state index in [1.165, 1.54) is 0 Å². The molecule has 1 atom stereocenters. The second kappa shape index (κ2) is 3.51. The van der Waals surface area contributed by atoms with Gasteiger partial charge in [0.25, 0.3) is 0 Å². The van der Waals surface area contributed by atoms with E-state index in [1.807, 2.05) is 24.7 Å². The Morgan fingerprint density at radius 3 is 2.83 bits per heavy atom. The Balaban J connectivity index is 2.94. The standard InChI is InChI=1S/C8H14N4/c1-6(2)7(11-9)8-10-4-5-12(8)3/h4-5,7,11H,1,9H2,2-3H3. The molecule has 3 N–H and O–H groups in total. The summed E-state index contributed by atoms with van der Waals surface area (Å²) in [6, 6.07) is -0.0648. The minimum absolute atomic E-state index is 0.0648. The minimum Gasteiger partial charge on any atom is -0.336 e. The van der Waals surface area contributed by atoms with Crippen molar-refractivity contribution in [3.05, 3.63) is 30.4 Å². The topological polar surface area (TPSA) is 55.9 Å². The summed E-state index contributed by atoms with van der Waals surface area (Å²) in [5.74, 6) is 6.25. The molecule has 0 aliphatic carbocycles. The average molecular weight is 166 g/mol. The van der Waals surface area contributed by atoms with Crippen molar-refractivity contribution in [1.29, 1.82) is 0 Å². The second-order valence-corrected chi connectivity index (χ2v) is 2.84. The van der Waals surface area contributed by atoms with Crippen LogP contribution in [0, 0.1) is 0 Å². The lowest BCUT2D eigenvalue weighted by molar-refractivity contribution is 0.572. The smallest absolute Gasteiger partial charge is 0.131 e. The maximum absolute atomic E-state index is 5.37. The zero-order valence-electron chi connectivity index (χ0n) is 7.41. The highest BCUT2D eigenvalue weighted by molar-refractivity contribution is 5.12. The molecule has 1 aromatic rings. The number of nitrogens with one attached hydrogen (secondary N) is 1. The predicted octanol–water partition coefficient (Wildman–Crippen LogP) is 0.501. The van der Waals surface area contributed by atoms with Crippen molar-refractivity contribution in [2.24, 2.45) is 12.9 Å². The first-order valence-electron chi connectivity index (χ1n) is 3.75. The van der Waals surface area contributed by atoms with E-state index in [2.05, 4.69) is 17.0 Å². The van der Waals surface area contributed by atoms with Crippen molar-refractivity contribution >= 4 is 0 Å². The fraction of sp³-hybridized carbons (Fsp3) is 0.375. The highest BCUT2D eigenvalue weighted by Gasteiger charge is 2.13. The number of hydrazine groups is 1. The first kappa shape index (κ1) is 8.96. The summed E-state index contributed by atoms with van der Waals surface area (Å²) in [6.07, 6.45) is 3.62. The van der Waals surface area contributed by atoms with Gasteiger partial charge in [-0.3, -0.25) is 5.84 Å². The quantitative estimate of drug-likeness (QED) is 0.390. The van der Waals surface area contributed by atoms with E-state index in [1.54, 1.807) is 6.20 Å². The monoisotopic (exact) mass is 166 g/mol. The van der Waals surface area contributed by atoms with Gasteiger partial charge in [0.15, 0.2) is 0 Å². The van der Waals surface area contributed by atoms with E-state index in [9.17, 15) is 0 Å². The zero-order chi connectivity index (χ0) is 9.14. The molecule has 0 bridgehead atoms. The minimum atomic E-state index is -0.0648. The Morgan fingerprint density at radius 2 is 2.50 bits per heavy atom. The van der Waals surface area contributed by atoms with Gasteiger partial charge in [-0.15, -0.1) is 0 Å². The van der Waals surface area contributed by atoms with Gasteiger partial charge in [-0.2, -0.15) is 0 Å². The molecule has 12 heavy (non-hydrogen) atoms. The molecule has 0 amide bonds. The molecule has 0 spiro atoms. The molecule has 0 fully saturated rings. The lowest BCUT2D eigenvalue weighted by Crippen LogP contribution is -2.30. The van der Waals surface area contributed by atoms with Crippen molar-refractivity contribution < 1.29 is 0 Å². The molecular formula is C8H14N4. The molecule has 0 saturated heterocycles. The second-order valence-electron chi connectivity index (χ2n) is 2.84. The Kier molecular flexibility index (Phi) is 2.62. The predicted molar refractivity (Wildman–Crippen MR) is 48.1 cm³/mol. The maximum atomic E-state index is 5.37. The fourth-order valence-electron chi connectivity index (χ4n) is 1.09. The zero-order valence-corrected chi connectivity index (χ0v) is 7.41. The van der Waals surface area contributed by atoms with Crippen LogP contribution in [-0.2, 0) is 7.05 Å². The summed E-state index contributed by atoms with van der Waals surface area (Å²) in [4.78, 5) is 4.17. The molecule has 0 aromatic carbocycles. The van der Waals surface area contributed by atoms with Crippen LogP contribution in [0.5, 0.6) is 0 Å². The highest BCUT2D eigenvalue weighted by Crippen LogP contribution is 2.15. The third kappa shape index (κ3) is 1.54. The van der Waals surface area contributed by atoms with Crippen molar-refractivity contribution in [3.63, 3.8) is 0 Å². The molecular weight excluding hydrogens is 152 g/mol. The molecule has 0 aliphatic rings. The summed E-state index contributed by atoms with van der Waals surface area (Å²) in [5, 5.41) is 0. The Labute approximate surface area is 72.1 Å². The Morgan fingerprint density at radius 1 is 1.83 bits per heavy atom. The van der Waals surface area contributed by atoms with E-state index in [0.717, 1.165) is 11.4 Å². The van der Waals surface area contributed by atoms with Gasteiger partial charge in [0.1, 0.15) is 5.82 Å². The summed E-state index contributed by atoms with van der Waals surface area (Å²) in [7, 11) is 1.93. The van der Waals surface area contributed by atoms with Crippen LogP contribution < -0.4 is 11.3 Å². The number of rotatable bonds is 3. The van der Waals surface area contributed by atoms with Crippen LogP contribution in [0.15, 0.2) is 24.5 Å². The van der Waals surface area contributed by atoms with Crippen LogP contribution in [-0.4, -0.2) is 9.55 Å². The van der Waals surface area contributed by atoms with Crippen LogP contribution >= 0.6 is 0 Å². The van der Waals surface area contributed by atoms with Crippen molar-refractivity contribution in [1.82, 2.24) is 15.0 Å². The number of nitrogens with two attached hydrogens (primary N) is 1. The van der Waals surface area contributed by atoms with Crippen LogP contribution in [0.4, 0.5) is 0 Å². The van der Waals surface area contributed by atoms with Gasteiger partial charge in [0.2, 0.25) is 0 Å². The van der Waals surface area contributed by atoms with Crippen LogP contribution in [0.2, 0.25) is 0 Å². The molecule has 0 radical (unpaired) electrons. The van der Waals surface area contributed by atoms with Crippen LogP contribution in [0.3, 0.4) is 0 Å². The normalized spacial score (nSPS) is 12.9. The molecule has 1 rings (SSSR count). The van der Waals surface area contributed by atoms with Gasteiger partial charge < -0.3 is 4.57 Å². The fourth-order valence-corrected chi connectivity index (χ4v) is 1.09. The number of hydrogen-bond acceptors (Lipinski definition) is 3. The summed E-state index contributed by atoms with van der Waals surface area (Å²) >= 11 is 0. The van der Waals surface area contributed by atoms with Crippen LogP contribution in [0.25, 0.3) is 0 Å². The largest absolute Gasteiger partial charge is 0.336 e. The number of nitrogens with zero attached hydrogens (tertiary/aromatic N) is 2. The van der Waals surface area contributed by atoms with Gasteiger partial charge in [-0.1, -0.05) is 12.2 Å². The van der Waals surface area contributed by atoms with Crippen molar-refractivity contribution in [3.8, 4) is 0 Å². The lowest BCUT2D eigenvalue weighted by atomic mass is 10.1. The third-order valence-corrected chi connectivity index (χ3v) is 1.78. The summed E-state index contributed by atoms with van der Waals surface area (Å²) < 4.78 is 1.92. The summed E-state index contributed by atoms with van der Waals surface area (Å²) in [6.45, 7) is 5.74. The molecule has 1 heterocycles. The molecule has 4 nitrogen and oxygen atoms in total. The number of hydrogen-bond donors (Lipinski definition) is 2. The third-order valence-electron chi connectivity index (χ3n) is 1.78. The molecule has 0 aliphatic heterocycles. The molecule has 4 heteroatoms. The lowest BCUT2D eigenvalue weighted by Gasteiger charge is -2.14. The first-order chi connectivity index (χ1) is 5.66. The van der Waals surface area contributed by atoms with Crippen molar-refractivity contribution in [2.45, 2.75) is 13.0 Å². The van der Waals surface area contributed by atoms with Gasteiger partial charge in [0, 0.05) is 19.4 Å². The summed E-state index contributed by atoms with van der Waals surface area (Å²) in [5.41, 5.74) is 3.61. The van der Waals surface area contributed by atoms with E-state index in [-0.39, 0.29) is 6.04 Å². The molecule has 66 valence electrons. The van der Waals surface area contributed by atoms with E-state index >= 15 is 0 Å². The molecule has 1 unspecified atom stereocenters. The number of imidazole rings is 1. The van der Waals surface area contributed by atoms with E-state index in [0.29, 0.717) is 0 Å². The van der Waals surface area contributed by atoms with E-state index < -0.39 is 0 Å². The Hall–Kier alpha value is -1.13. The molecule has 1 aromatic heterocycles. The van der Waals surface area contributed by atoms with Gasteiger partial charge in [-0.25, -0.2) is 10.4 Å². The van der Waals surface area contributed by atoms with E-state index in [4.69, 9.17) is 5.84 Å². The SMILES string of the molecule is C=C(C)C(NN)c1nccn1C.